The third-order valence-electron chi connectivity index (χ3n) is 3.31. The highest BCUT2D eigenvalue weighted by molar-refractivity contribution is 6.30. The molecule has 1 saturated heterocycles. The van der Waals surface area contributed by atoms with Crippen LogP contribution in [0.5, 0.6) is 5.75 Å². The summed E-state index contributed by atoms with van der Waals surface area (Å²) in [7, 11) is 0. The number of nitrogens with zero attached hydrogens (tertiary/aromatic N) is 1. The fourth-order valence-electron chi connectivity index (χ4n) is 2.42. The Morgan fingerprint density at radius 3 is 3.05 bits per heavy atom. The zero-order valence-corrected chi connectivity index (χ0v) is 11.0. The van der Waals surface area contributed by atoms with E-state index in [1.165, 1.54) is 4.90 Å². The number of carbonyl (C=O) groups is 2. The fourth-order valence-corrected chi connectivity index (χ4v) is 2.68. The average molecular weight is 281 g/mol. The van der Waals surface area contributed by atoms with Gasteiger partial charge in [-0.2, -0.15) is 0 Å². The van der Waals surface area contributed by atoms with Crippen LogP contribution in [0.2, 0.25) is 5.02 Å². The number of fused-ring (bicyclic) bond motifs is 1. The van der Waals surface area contributed by atoms with Crippen molar-refractivity contribution in [1.29, 1.82) is 0 Å². The maximum absolute atomic E-state index is 11.8. The minimum atomic E-state index is -0.140. The molecule has 19 heavy (non-hydrogen) atoms. The Balaban J connectivity index is 1.87. The molecule has 1 N–H and O–H groups in total. The summed E-state index contributed by atoms with van der Waals surface area (Å²) in [4.78, 5) is 24.6. The van der Waals surface area contributed by atoms with E-state index in [1.54, 1.807) is 6.07 Å². The minimum Gasteiger partial charge on any atom is -0.493 e. The van der Waals surface area contributed by atoms with Crippen LogP contribution in [0, 0.1) is 0 Å². The Morgan fingerprint density at radius 1 is 1.37 bits per heavy atom. The maximum Gasteiger partial charge on any atom is 0.242 e. The number of carbonyl (C=O) groups excluding carboxylic acids is 2. The normalized spacial score (nSPS) is 18.1. The van der Waals surface area contributed by atoms with Crippen molar-refractivity contribution in [3.8, 4) is 5.75 Å². The highest BCUT2D eigenvalue weighted by atomic mass is 35.5. The zero-order valence-electron chi connectivity index (χ0n) is 10.2. The van der Waals surface area contributed by atoms with Gasteiger partial charge in [-0.05, 0) is 17.7 Å². The predicted octanol–water partition coefficient (Wildman–Crippen LogP) is 0.733. The van der Waals surface area contributed by atoms with Crippen molar-refractivity contribution in [2.24, 2.45) is 0 Å². The first-order valence-electron chi connectivity index (χ1n) is 6.12. The van der Waals surface area contributed by atoms with E-state index in [-0.39, 0.29) is 24.9 Å². The summed E-state index contributed by atoms with van der Waals surface area (Å²) in [6.45, 7) is 1.13. The van der Waals surface area contributed by atoms with Crippen molar-refractivity contribution in [1.82, 2.24) is 10.2 Å². The lowest BCUT2D eigenvalue weighted by Gasteiger charge is -2.27. The van der Waals surface area contributed by atoms with E-state index >= 15 is 0 Å². The summed E-state index contributed by atoms with van der Waals surface area (Å²) in [5, 5.41) is 3.16. The number of hydrogen-bond acceptors (Lipinski definition) is 3. The van der Waals surface area contributed by atoms with Gasteiger partial charge >= 0.3 is 0 Å². The van der Waals surface area contributed by atoms with E-state index in [2.05, 4.69) is 5.32 Å². The molecule has 1 aromatic rings. The molecule has 0 aliphatic carbocycles. The van der Waals surface area contributed by atoms with Gasteiger partial charge in [0.05, 0.1) is 19.7 Å². The van der Waals surface area contributed by atoms with Gasteiger partial charge in [-0.1, -0.05) is 11.6 Å². The van der Waals surface area contributed by atoms with Gasteiger partial charge < -0.3 is 15.0 Å². The van der Waals surface area contributed by atoms with E-state index in [1.807, 2.05) is 6.07 Å². The molecule has 2 aliphatic heterocycles. The second kappa shape index (κ2) is 4.74. The quantitative estimate of drug-likeness (QED) is 0.869. The van der Waals surface area contributed by atoms with Crippen molar-refractivity contribution < 1.29 is 14.3 Å². The third-order valence-corrected chi connectivity index (χ3v) is 3.53. The second-order valence-corrected chi connectivity index (χ2v) is 5.11. The number of ether oxygens (including phenoxy) is 1. The first-order valence-corrected chi connectivity index (χ1v) is 6.50. The lowest BCUT2D eigenvalue weighted by molar-refractivity contribution is -0.141. The van der Waals surface area contributed by atoms with Crippen LogP contribution < -0.4 is 10.1 Å². The molecule has 0 aromatic heterocycles. The summed E-state index contributed by atoms with van der Waals surface area (Å²) >= 11 is 6.07. The summed E-state index contributed by atoms with van der Waals surface area (Å²) in [6.07, 6.45) is 0.831. The summed E-state index contributed by atoms with van der Waals surface area (Å²) in [6, 6.07) is 3.68. The van der Waals surface area contributed by atoms with Crippen LogP contribution in [-0.2, 0) is 22.6 Å². The Kier molecular flexibility index (Phi) is 3.06. The van der Waals surface area contributed by atoms with Gasteiger partial charge in [-0.15, -0.1) is 0 Å². The molecule has 1 aromatic carbocycles. The lowest BCUT2D eigenvalue weighted by Crippen LogP contribution is -2.51. The van der Waals surface area contributed by atoms with Crippen molar-refractivity contribution >= 4 is 23.4 Å². The van der Waals surface area contributed by atoms with Crippen LogP contribution in [0.1, 0.15) is 11.1 Å². The number of halogens is 1. The molecule has 0 radical (unpaired) electrons. The van der Waals surface area contributed by atoms with Gasteiger partial charge in [-0.25, -0.2) is 0 Å². The molecular weight excluding hydrogens is 268 g/mol. The van der Waals surface area contributed by atoms with Gasteiger partial charge in [0, 0.05) is 23.6 Å². The molecule has 1 fully saturated rings. The minimum absolute atomic E-state index is 0.0580. The molecule has 3 rings (SSSR count). The van der Waals surface area contributed by atoms with Crippen LogP contribution >= 0.6 is 11.6 Å². The van der Waals surface area contributed by atoms with Gasteiger partial charge in [-0.3, -0.25) is 9.59 Å². The zero-order chi connectivity index (χ0) is 13.4. The van der Waals surface area contributed by atoms with Crippen molar-refractivity contribution in [3.05, 3.63) is 28.3 Å². The molecule has 6 heteroatoms. The van der Waals surface area contributed by atoms with E-state index in [0.29, 0.717) is 18.2 Å². The molecule has 2 heterocycles. The van der Waals surface area contributed by atoms with Crippen LogP contribution in [0.15, 0.2) is 12.1 Å². The van der Waals surface area contributed by atoms with E-state index in [9.17, 15) is 9.59 Å². The van der Waals surface area contributed by atoms with E-state index in [4.69, 9.17) is 16.3 Å². The van der Waals surface area contributed by atoms with Crippen LogP contribution in [0.4, 0.5) is 0 Å². The number of hydrogen-bond donors (Lipinski definition) is 1. The highest BCUT2D eigenvalue weighted by Gasteiger charge is 2.26. The molecule has 0 bridgehead atoms. The molecule has 0 spiro atoms. The Labute approximate surface area is 115 Å². The number of amides is 2. The second-order valence-electron chi connectivity index (χ2n) is 4.68. The Morgan fingerprint density at radius 2 is 2.21 bits per heavy atom. The van der Waals surface area contributed by atoms with Crippen molar-refractivity contribution in [2.45, 2.75) is 13.0 Å². The van der Waals surface area contributed by atoms with Gasteiger partial charge in [0.1, 0.15) is 5.75 Å². The van der Waals surface area contributed by atoms with Crippen LogP contribution in [-0.4, -0.2) is 36.4 Å². The summed E-state index contributed by atoms with van der Waals surface area (Å²) < 4.78 is 5.59. The van der Waals surface area contributed by atoms with Gasteiger partial charge in [0.15, 0.2) is 0 Å². The molecule has 2 aliphatic rings. The number of nitrogens with one attached hydrogen (secondary N) is 1. The van der Waals surface area contributed by atoms with Crippen LogP contribution in [0.3, 0.4) is 0 Å². The summed E-state index contributed by atoms with van der Waals surface area (Å²) in [5.41, 5.74) is 1.93. The average Bonchev–Trinajstić information content (AvgIpc) is 2.82. The predicted molar refractivity (Wildman–Crippen MR) is 69.1 cm³/mol. The molecule has 100 valence electrons. The lowest BCUT2D eigenvalue weighted by atomic mass is 10.1. The molecule has 0 unspecified atom stereocenters. The van der Waals surface area contributed by atoms with Crippen molar-refractivity contribution in [3.63, 3.8) is 0 Å². The first-order chi connectivity index (χ1) is 9.13. The molecule has 2 amide bonds. The standard InChI is InChI=1S/C13H13ClN2O3/c14-10-3-8-1-2-19-13(8)9(4-10)6-16-7-11(17)15-5-12(16)18/h3-4H,1-2,5-7H2,(H,15,17). The van der Waals surface area contributed by atoms with E-state index < -0.39 is 0 Å². The number of piperazine rings is 1. The smallest absolute Gasteiger partial charge is 0.242 e. The van der Waals surface area contributed by atoms with Gasteiger partial charge in [0.2, 0.25) is 11.8 Å². The Bertz CT molecular complexity index is 559. The fraction of sp³-hybridized carbons (Fsp3) is 0.385. The number of benzene rings is 1. The molecular formula is C13H13ClN2O3. The molecule has 5 nitrogen and oxygen atoms in total. The summed E-state index contributed by atoms with van der Waals surface area (Å²) in [5.74, 6) is 0.577. The monoisotopic (exact) mass is 280 g/mol. The van der Waals surface area contributed by atoms with Gasteiger partial charge in [0.25, 0.3) is 0 Å². The topological polar surface area (TPSA) is 58.6 Å². The largest absolute Gasteiger partial charge is 0.493 e. The molecule has 0 saturated carbocycles. The maximum atomic E-state index is 11.8. The highest BCUT2D eigenvalue weighted by Crippen LogP contribution is 2.33. The molecule has 0 atom stereocenters. The Hall–Kier alpha value is -1.75. The van der Waals surface area contributed by atoms with E-state index in [0.717, 1.165) is 23.3 Å². The third kappa shape index (κ3) is 2.38. The SMILES string of the molecule is O=C1CN(Cc2cc(Cl)cc3c2OCC3)C(=O)CN1. The number of rotatable bonds is 2. The first kappa shape index (κ1) is 12.3. The van der Waals surface area contributed by atoms with Crippen LogP contribution in [0.25, 0.3) is 0 Å². The van der Waals surface area contributed by atoms with Crippen molar-refractivity contribution in [2.75, 3.05) is 19.7 Å².